The van der Waals surface area contributed by atoms with Gasteiger partial charge in [-0.25, -0.2) is 4.98 Å². The van der Waals surface area contributed by atoms with Gasteiger partial charge < -0.3 is 4.74 Å². The SMILES string of the molecule is Cc1c(Cl)ccc2ncn(COC(=O)C(C)(C)C)c12. The van der Waals surface area contributed by atoms with Crippen LogP contribution in [0.15, 0.2) is 18.5 Å². The van der Waals surface area contributed by atoms with E-state index in [4.69, 9.17) is 16.3 Å². The highest BCUT2D eigenvalue weighted by atomic mass is 35.5. The molecule has 2 aromatic rings. The number of hydrogen-bond donors (Lipinski definition) is 0. The molecule has 5 heteroatoms. The Hall–Kier alpha value is -1.55. The van der Waals surface area contributed by atoms with E-state index in [1.807, 2.05) is 39.8 Å². The largest absolute Gasteiger partial charge is 0.443 e. The standard InChI is InChI=1S/C14H17ClN2O2/c1-9-10(15)5-6-11-12(9)17(7-16-11)8-19-13(18)14(2,3)4/h5-7H,8H2,1-4H3. The quantitative estimate of drug-likeness (QED) is 0.790. The molecule has 1 aromatic carbocycles. The van der Waals surface area contributed by atoms with Crippen LogP contribution < -0.4 is 0 Å². The lowest BCUT2D eigenvalue weighted by Crippen LogP contribution is -2.23. The van der Waals surface area contributed by atoms with Gasteiger partial charge in [0.05, 0.1) is 22.8 Å². The summed E-state index contributed by atoms with van der Waals surface area (Å²) < 4.78 is 7.09. The van der Waals surface area contributed by atoms with Gasteiger partial charge in [-0.3, -0.25) is 9.36 Å². The maximum absolute atomic E-state index is 11.8. The summed E-state index contributed by atoms with van der Waals surface area (Å²) in [6.07, 6.45) is 1.66. The molecule has 0 amide bonds. The summed E-state index contributed by atoms with van der Waals surface area (Å²) in [7, 11) is 0. The topological polar surface area (TPSA) is 44.1 Å². The predicted molar refractivity (Wildman–Crippen MR) is 75.0 cm³/mol. The van der Waals surface area contributed by atoms with E-state index in [9.17, 15) is 4.79 Å². The number of aromatic nitrogens is 2. The fourth-order valence-electron chi connectivity index (χ4n) is 1.76. The number of esters is 1. The van der Waals surface area contributed by atoms with E-state index in [-0.39, 0.29) is 12.7 Å². The van der Waals surface area contributed by atoms with Crippen LogP contribution in [0, 0.1) is 12.3 Å². The van der Waals surface area contributed by atoms with E-state index < -0.39 is 5.41 Å². The summed E-state index contributed by atoms with van der Waals surface area (Å²) >= 11 is 6.10. The Balaban J connectivity index is 2.27. The van der Waals surface area contributed by atoms with Crippen molar-refractivity contribution < 1.29 is 9.53 Å². The highest BCUT2D eigenvalue weighted by Crippen LogP contribution is 2.25. The van der Waals surface area contributed by atoms with E-state index in [1.54, 1.807) is 10.9 Å². The summed E-state index contributed by atoms with van der Waals surface area (Å²) in [5.41, 5.74) is 2.16. The number of aryl methyl sites for hydroxylation is 1. The van der Waals surface area contributed by atoms with Gasteiger partial charge in [-0.2, -0.15) is 0 Å². The first-order valence-corrected chi connectivity index (χ1v) is 6.45. The number of nitrogens with zero attached hydrogens (tertiary/aromatic N) is 2. The van der Waals surface area contributed by atoms with Crippen LogP contribution in [0.25, 0.3) is 11.0 Å². The number of benzene rings is 1. The molecule has 102 valence electrons. The van der Waals surface area contributed by atoms with Gasteiger partial charge in [0.1, 0.15) is 0 Å². The number of hydrogen-bond acceptors (Lipinski definition) is 3. The first-order valence-electron chi connectivity index (χ1n) is 6.08. The van der Waals surface area contributed by atoms with Gasteiger partial charge in [-0.15, -0.1) is 0 Å². The molecule has 0 saturated heterocycles. The Labute approximate surface area is 117 Å². The van der Waals surface area contributed by atoms with Crippen LogP contribution in [0.5, 0.6) is 0 Å². The van der Waals surface area contributed by atoms with Crippen LogP contribution in [-0.4, -0.2) is 15.5 Å². The van der Waals surface area contributed by atoms with Crippen molar-refractivity contribution in [2.45, 2.75) is 34.4 Å². The van der Waals surface area contributed by atoms with E-state index in [2.05, 4.69) is 4.98 Å². The first kappa shape index (κ1) is 13.9. The zero-order chi connectivity index (χ0) is 14.2. The summed E-state index contributed by atoms with van der Waals surface area (Å²) in [6, 6.07) is 3.67. The molecule has 4 nitrogen and oxygen atoms in total. The van der Waals surface area contributed by atoms with Gasteiger partial charge >= 0.3 is 5.97 Å². The third-order valence-corrected chi connectivity index (χ3v) is 3.32. The Morgan fingerprint density at radius 1 is 1.42 bits per heavy atom. The molecule has 0 aliphatic heterocycles. The maximum Gasteiger partial charge on any atom is 0.312 e. The summed E-state index contributed by atoms with van der Waals surface area (Å²) in [6.45, 7) is 7.54. The predicted octanol–water partition coefficient (Wildman–Crippen LogP) is 3.54. The van der Waals surface area contributed by atoms with Crippen molar-refractivity contribution in [3.63, 3.8) is 0 Å². The molecule has 0 saturated carbocycles. The molecule has 0 unspecified atom stereocenters. The second-order valence-corrected chi connectivity index (χ2v) is 5.97. The Bertz CT molecular complexity index is 626. The van der Waals surface area contributed by atoms with Gasteiger partial charge in [0.2, 0.25) is 0 Å². The first-order chi connectivity index (χ1) is 8.80. The van der Waals surface area contributed by atoms with Crippen molar-refractivity contribution in [2.24, 2.45) is 5.41 Å². The molecular formula is C14H17ClN2O2. The number of fused-ring (bicyclic) bond motifs is 1. The highest BCUT2D eigenvalue weighted by molar-refractivity contribution is 6.32. The second kappa shape index (κ2) is 4.85. The number of imidazole rings is 1. The van der Waals surface area contributed by atoms with Crippen LogP contribution in [0.3, 0.4) is 0 Å². The van der Waals surface area contributed by atoms with Crippen molar-refractivity contribution in [3.8, 4) is 0 Å². The molecule has 1 aromatic heterocycles. The smallest absolute Gasteiger partial charge is 0.312 e. The minimum absolute atomic E-state index is 0.147. The Morgan fingerprint density at radius 2 is 2.11 bits per heavy atom. The third kappa shape index (κ3) is 2.73. The summed E-state index contributed by atoms with van der Waals surface area (Å²) in [5, 5.41) is 0.677. The molecular weight excluding hydrogens is 264 g/mol. The van der Waals surface area contributed by atoms with Crippen molar-refractivity contribution in [2.75, 3.05) is 0 Å². The number of carbonyl (C=O) groups excluding carboxylic acids is 1. The van der Waals surface area contributed by atoms with Crippen molar-refractivity contribution >= 4 is 28.6 Å². The number of rotatable bonds is 2. The Kier molecular flexibility index (Phi) is 3.54. The fourth-order valence-corrected chi connectivity index (χ4v) is 1.91. The van der Waals surface area contributed by atoms with Gasteiger partial charge in [-0.05, 0) is 45.4 Å². The van der Waals surface area contributed by atoms with Crippen LogP contribution in [0.1, 0.15) is 26.3 Å². The number of ether oxygens (including phenoxy) is 1. The van der Waals surface area contributed by atoms with Crippen LogP contribution >= 0.6 is 11.6 Å². The molecule has 0 atom stereocenters. The summed E-state index contributed by atoms with van der Waals surface area (Å²) in [4.78, 5) is 16.0. The highest BCUT2D eigenvalue weighted by Gasteiger charge is 2.23. The molecule has 0 N–H and O–H groups in total. The average Bonchev–Trinajstić information content (AvgIpc) is 2.73. The maximum atomic E-state index is 11.8. The molecule has 0 spiro atoms. The Morgan fingerprint density at radius 3 is 2.74 bits per heavy atom. The zero-order valence-electron chi connectivity index (χ0n) is 11.5. The minimum Gasteiger partial charge on any atom is -0.443 e. The lowest BCUT2D eigenvalue weighted by molar-refractivity contribution is -0.156. The zero-order valence-corrected chi connectivity index (χ0v) is 12.3. The molecule has 0 bridgehead atoms. The van der Waals surface area contributed by atoms with Crippen molar-refractivity contribution in [1.29, 1.82) is 0 Å². The van der Waals surface area contributed by atoms with E-state index >= 15 is 0 Å². The molecule has 2 rings (SSSR count). The van der Waals surface area contributed by atoms with Gasteiger partial charge in [-0.1, -0.05) is 11.6 Å². The van der Waals surface area contributed by atoms with E-state index in [0.29, 0.717) is 5.02 Å². The van der Waals surface area contributed by atoms with Gasteiger partial charge in [0, 0.05) is 5.02 Å². The molecule has 19 heavy (non-hydrogen) atoms. The lowest BCUT2D eigenvalue weighted by atomic mass is 9.98. The minimum atomic E-state index is -0.511. The lowest BCUT2D eigenvalue weighted by Gasteiger charge is -2.17. The van der Waals surface area contributed by atoms with Gasteiger partial charge in [0.25, 0.3) is 0 Å². The van der Waals surface area contributed by atoms with Crippen molar-refractivity contribution in [3.05, 3.63) is 29.0 Å². The number of carbonyl (C=O) groups is 1. The van der Waals surface area contributed by atoms with Crippen LogP contribution in [0.4, 0.5) is 0 Å². The van der Waals surface area contributed by atoms with Crippen LogP contribution in [0.2, 0.25) is 5.02 Å². The third-order valence-electron chi connectivity index (χ3n) is 2.91. The van der Waals surface area contributed by atoms with E-state index in [0.717, 1.165) is 16.6 Å². The second-order valence-electron chi connectivity index (χ2n) is 5.57. The fraction of sp³-hybridized carbons (Fsp3) is 0.429. The molecule has 1 heterocycles. The normalized spacial score (nSPS) is 11.8. The summed E-state index contributed by atoms with van der Waals surface area (Å²) in [5.74, 6) is -0.242. The number of halogens is 1. The van der Waals surface area contributed by atoms with E-state index in [1.165, 1.54) is 0 Å². The monoisotopic (exact) mass is 280 g/mol. The van der Waals surface area contributed by atoms with Crippen molar-refractivity contribution in [1.82, 2.24) is 9.55 Å². The average molecular weight is 281 g/mol. The molecule has 0 radical (unpaired) electrons. The molecule has 0 aliphatic rings. The molecule has 0 fully saturated rings. The van der Waals surface area contributed by atoms with Gasteiger partial charge in [0.15, 0.2) is 6.73 Å². The van der Waals surface area contributed by atoms with Crippen LogP contribution in [-0.2, 0) is 16.3 Å². The molecule has 0 aliphatic carbocycles.